The van der Waals surface area contributed by atoms with Gasteiger partial charge in [-0.3, -0.25) is 0 Å². The highest BCUT2D eigenvalue weighted by Crippen LogP contribution is 2.62. The second-order valence-electron chi connectivity index (χ2n) is 9.09. The number of aryl methyl sites for hydroxylation is 1. The Labute approximate surface area is 214 Å². The molecular weight excluding hydrogens is 518 g/mol. The molecule has 5 atom stereocenters. The first kappa shape index (κ1) is 27.5. The Morgan fingerprint density at radius 1 is 0.811 bits per heavy atom. The van der Waals surface area contributed by atoms with Gasteiger partial charge in [0.25, 0.3) is 11.6 Å². The fourth-order valence-corrected chi connectivity index (χ4v) is 6.08. The largest absolute Gasteiger partial charge is 0.443 e. The molecule has 10 heteroatoms. The molecular formula is C27H24F6O3S. The van der Waals surface area contributed by atoms with E-state index in [0.717, 1.165) is 17.3 Å². The Morgan fingerprint density at radius 3 is 1.86 bits per heavy atom. The third-order valence-electron chi connectivity index (χ3n) is 6.52. The van der Waals surface area contributed by atoms with Crippen molar-refractivity contribution in [1.29, 1.82) is 0 Å². The number of hydrogen-bond donors (Lipinski definition) is 2. The molecule has 0 radical (unpaired) electrons. The Hall–Kier alpha value is -2.53. The van der Waals surface area contributed by atoms with E-state index in [9.17, 15) is 36.6 Å². The van der Waals surface area contributed by atoms with Crippen molar-refractivity contribution in [2.75, 3.05) is 0 Å². The zero-order valence-electron chi connectivity index (χ0n) is 19.5. The molecule has 3 aromatic rings. The van der Waals surface area contributed by atoms with Crippen molar-refractivity contribution >= 4 is 11.8 Å². The average molecular weight is 543 g/mol. The number of rotatable bonds is 5. The van der Waals surface area contributed by atoms with Gasteiger partial charge in [-0.1, -0.05) is 78.4 Å². The third-order valence-corrected chi connectivity index (χ3v) is 7.89. The van der Waals surface area contributed by atoms with E-state index in [2.05, 4.69) is 4.74 Å². The lowest BCUT2D eigenvalue weighted by Crippen LogP contribution is -2.68. The number of ether oxygens (including phenoxy) is 1. The molecule has 2 N–H and O–H groups in total. The number of alkyl halides is 6. The summed E-state index contributed by atoms with van der Waals surface area (Å²) in [4.78, 5) is 0.549. The van der Waals surface area contributed by atoms with E-state index in [1.165, 1.54) is 24.3 Å². The predicted octanol–water partition coefficient (Wildman–Crippen LogP) is 7.15. The van der Waals surface area contributed by atoms with Crippen LogP contribution in [0.2, 0.25) is 0 Å². The molecule has 37 heavy (non-hydrogen) atoms. The van der Waals surface area contributed by atoms with E-state index >= 15 is 0 Å². The van der Waals surface area contributed by atoms with Gasteiger partial charge in [-0.05, 0) is 36.1 Å². The van der Waals surface area contributed by atoms with Gasteiger partial charge in [-0.15, -0.1) is 11.8 Å². The smallest absolute Gasteiger partial charge is 0.358 e. The molecule has 3 nitrogen and oxygen atoms in total. The molecule has 0 unspecified atom stereocenters. The van der Waals surface area contributed by atoms with Crippen LogP contribution in [0.15, 0.2) is 89.8 Å². The van der Waals surface area contributed by atoms with Gasteiger partial charge in [0.15, 0.2) is 0 Å². The summed E-state index contributed by atoms with van der Waals surface area (Å²) in [6.07, 6.45) is -12.5. The Morgan fingerprint density at radius 2 is 1.35 bits per heavy atom. The van der Waals surface area contributed by atoms with Crippen LogP contribution in [0.1, 0.15) is 34.3 Å². The van der Waals surface area contributed by atoms with Crippen molar-refractivity contribution in [2.45, 2.75) is 53.3 Å². The quantitative estimate of drug-likeness (QED) is 0.266. The van der Waals surface area contributed by atoms with Gasteiger partial charge < -0.3 is 14.9 Å². The lowest BCUT2D eigenvalue weighted by molar-refractivity contribution is -0.501. The first-order valence-electron chi connectivity index (χ1n) is 11.4. The summed E-state index contributed by atoms with van der Waals surface area (Å²) in [7, 11) is 0. The van der Waals surface area contributed by atoms with Crippen molar-refractivity contribution in [3.05, 3.63) is 102 Å². The summed E-state index contributed by atoms with van der Waals surface area (Å²) >= 11 is 0.979. The molecule has 1 heterocycles. The number of halogens is 6. The minimum absolute atomic E-state index is 0.103. The highest BCUT2D eigenvalue weighted by molar-refractivity contribution is 7.99. The van der Waals surface area contributed by atoms with Gasteiger partial charge >= 0.3 is 12.4 Å². The van der Waals surface area contributed by atoms with Gasteiger partial charge in [-0.25, -0.2) is 0 Å². The Bertz CT molecular complexity index is 1190. The standard InChI is InChI=1S/C27H24F6O3S/c1-17-12-14-20(15-13-17)37-23(19-10-6-3-7-11-19)22-21(18-8-4-2-5-9-18)16-24(34,26(28,29)30)36-25(22,35)27(31,32)33/h2-15,21-23,34-35H,16H2,1H3/t21-,22-,23-,24+,25-/m0/s1. The van der Waals surface area contributed by atoms with Crippen LogP contribution in [0.4, 0.5) is 26.3 Å². The van der Waals surface area contributed by atoms with Crippen LogP contribution in [-0.2, 0) is 4.74 Å². The molecule has 198 valence electrons. The minimum atomic E-state index is -5.68. The maximum atomic E-state index is 14.6. The summed E-state index contributed by atoms with van der Waals surface area (Å²) in [5.74, 6) is -12.1. The SMILES string of the molecule is Cc1ccc(S[C@@H](c2ccccc2)[C@@H]2[C@H](c3ccccc3)C[C@](O)(C(F)(F)F)O[C@]2(O)C(F)(F)F)cc1. The van der Waals surface area contributed by atoms with E-state index in [1.54, 1.807) is 60.7 Å². The predicted molar refractivity (Wildman–Crippen MR) is 127 cm³/mol. The second-order valence-corrected chi connectivity index (χ2v) is 10.3. The summed E-state index contributed by atoms with van der Waals surface area (Å²) in [6, 6.07) is 22.1. The molecule has 4 rings (SSSR count). The van der Waals surface area contributed by atoms with Gasteiger partial charge in [0.2, 0.25) is 0 Å². The zero-order valence-corrected chi connectivity index (χ0v) is 20.3. The molecule has 1 aliphatic rings. The lowest BCUT2D eigenvalue weighted by Gasteiger charge is -2.53. The number of aliphatic hydroxyl groups is 2. The molecule has 1 saturated heterocycles. The summed E-state index contributed by atoms with van der Waals surface area (Å²) < 4.78 is 89.9. The van der Waals surface area contributed by atoms with Gasteiger partial charge in [0.05, 0.1) is 0 Å². The number of benzene rings is 3. The minimum Gasteiger partial charge on any atom is -0.358 e. The van der Waals surface area contributed by atoms with Crippen molar-refractivity contribution in [3.8, 4) is 0 Å². The molecule has 0 aromatic heterocycles. The molecule has 1 fully saturated rings. The summed E-state index contributed by atoms with van der Waals surface area (Å²) in [6.45, 7) is 1.84. The number of thioether (sulfide) groups is 1. The van der Waals surface area contributed by atoms with Crippen LogP contribution in [0.3, 0.4) is 0 Å². The molecule has 1 aliphatic heterocycles. The average Bonchev–Trinajstić information content (AvgIpc) is 2.83. The van der Waals surface area contributed by atoms with E-state index in [-0.39, 0.29) is 5.56 Å². The fourth-order valence-electron chi connectivity index (χ4n) is 4.68. The number of hydrogen-bond acceptors (Lipinski definition) is 4. The normalized spacial score (nSPS) is 27.6. The first-order chi connectivity index (χ1) is 17.3. The van der Waals surface area contributed by atoms with E-state index < -0.39 is 47.4 Å². The monoisotopic (exact) mass is 542 g/mol. The molecule has 3 aromatic carbocycles. The lowest BCUT2D eigenvalue weighted by atomic mass is 9.70. The Balaban J connectivity index is 1.96. The summed E-state index contributed by atoms with van der Waals surface area (Å²) in [5.41, 5.74) is 1.36. The van der Waals surface area contributed by atoms with Crippen LogP contribution in [0, 0.1) is 12.8 Å². The maximum absolute atomic E-state index is 14.6. The fraction of sp³-hybridized carbons (Fsp3) is 0.333. The highest BCUT2D eigenvalue weighted by Gasteiger charge is 2.74. The van der Waals surface area contributed by atoms with Crippen LogP contribution in [0.25, 0.3) is 0 Å². The molecule has 0 saturated carbocycles. The van der Waals surface area contributed by atoms with Crippen molar-refractivity contribution in [3.63, 3.8) is 0 Å². The Kier molecular flexibility index (Phi) is 7.42. The van der Waals surface area contributed by atoms with Crippen LogP contribution >= 0.6 is 11.8 Å². The maximum Gasteiger partial charge on any atom is 0.443 e. The van der Waals surface area contributed by atoms with Crippen LogP contribution < -0.4 is 0 Å². The topological polar surface area (TPSA) is 49.7 Å². The van der Waals surface area contributed by atoms with Crippen molar-refractivity contribution in [1.82, 2.24) is 0 Å². The van der Waals surface area contributed by atoms with E-state index in [1.807, 2.05) is 6.92 Å². The third kappa shape index (κ3) is 5.38. The molecule has 0 bridgehead atoms. The molecule has 0 amide bonds. The second kappa shape index (κ2) is 9.98. The summed E-state index contributed by atoms with van der Waals surface area (Å²) in [5, 5.41) is 20.3. The van der Waals surface area contributed by atoms with Crippen molar-refractivity contribution < 1.29 is 41.3 Å². The molecule has 0 aliphatic carbocycles. The molecule has 0 spiro atoms. The highest BCUT2D eigenvalue weighted by atomic mass is 32.2. The van der Waals surface area contributed by atoms with E-state index in [4.69, 9.17) is 0 Å². The van der Waals surface area contributed by atoms with Gasteiger partial charge in [0, 0.05) is 22.5 Å². The van der Waals surface area contributed by atoms with Crippen molar-refractivity contribution in [2.24, 2.45) is 5.92 Å². The van der Waals surface area contributed by atoms with Gasteiger partial charge in [-0.2, -0.15) is 26.3 Å². The van der Waals surface area contributed by atoms with Gasteiger partial charge in [0.1, 0.15) is 0 Å². The zero-order chi connectivity index (χ0) is 27.1. The van der Waals surface area contributed by atoms with E-state index in [0.29, 0.717) is 10.5 Å². The first-order valence-corrected chi connectivity index (χ1v) is 12.2. The van der Waals surface area contributed by atoms with Crippen LogP contribution in [0.5, 0.6) is 0 Å². The van der Waals surface area contributed by atoms with Crippen LogP contribution in [-0.4, -0.2) is 34.1 Å².